The Bertz CT molecular complexity index is 156. The molecule has 0 aromatic heterocycles. The molecule has 0 aromatic rings. The van der Waals surface area contributed by atoms with Crippen molar-refractivity contribution in [2.45, 2.75) is 52.0 Å². The van der Waals surface area contributed by atoms with E-state index >= 15 is 0 Å². The van der Waals surface area contributed by atoms with Crippen LogP contribution in [-0.4, -0.2) is 17.3 Å². The summed E-state index contributed by atoms with van der Waals surface area (Å²) in [6.45, 7) is 4.59. The van der Waals surface area contributed by atoms with Crippen molar-refractivity contribution in [1.29, 1.82) is 0 Å². The lowest BCUT2D eigenvalue weighted by molar-refractivity contribution is 0.435. The Balaban J connectivity index is 2.03. The van der Waals surface area contributed by atoms with Gasteiger partial charge in [-0.15, -0.1) is 11.8 Å². The van der Waals surface area contributed by atoms with E-state index in [-0.39, 0.29) is 0 Å². The van der Waals surface area contributed by atoms with Gasteiger partial charge in [0.1, 0.15) is 5.55 Å². The van der Waals surface area contributed by atoms with Crippen molar-refractivity contribution < 1.29 is 0 Å². The predicted molar refractivity (Wildman–Crippen MR) is 61.6 cm³/mol. The van der Waals surface area contributed by atoms with Gasteiger partial charge >= 0.3 is 0 Å². The fourth-order valence-electron chi connectivity index (χ4n) is 1.64. The summed E-state index contributed by atoms with van der Waals surface area (Å²) in [5.41, 5.74) is 3.00. The minimum absolute atomic E-state index is 0.562. The van der Waals surface area contributed by atoms with Gasteiger partial charge in [-0.25, -0.2) is 0 Å². The molecule has 2 unspecified atom stereocenters. The van der Waals surface area contributed by atoms with E-state index in [1.807, 2.05) is 0 Å². The predicted octanol–water partition coefficient (Wildman–Crippen LogP) is 3.61. The average Bonchev–Trinajstić information content (AvgIpc) is 2.65. The van der Waals surface area contributed by atoms with Crippen LogP contribution in [0.2, 0.25) is 0 Å². The second-order valence-electron chi connectivity index (χ2n) is 3.93. The molecule has 2 atom stereocenters. The molecular weight excluding hydrogens is 178 g/mol. The molecule has 0 N–H and O–H groups in total. The molecule has 0 aliphatic carbocycles. The van der Waals surface area contributed by atoms with Crippen molar-refractivity contribution >= 4 is 17.3 Å². The third-order valence-electron chi connectivity index (χ3n) is 2.71. The summed E-state index contributed by atoms with van der Waals surface area (Å²) < 4.78 is 0. The lowest BCUT2D eigenvalue weighted by atomic mass is 9.96. The molecule has 2 heteroatoms. The Morgan fingerprint density at radius 3 is 2.92 bits per heavy atom. The normalized spacial score (nSPS) is 23.7. The van der Waals surface area contributed by atoms with Gasteiger partial charge in [0.15, 0.2) is 0 Å². The van der Waals surface area contributed by atoms with E-state index < -0.39 is 0 Å². The number of nitrogens with zero attached hydrogens (tertiary/aromatic N) is 1. The van der Waals surface area contributed by atoms with E-state index in [1.165, 1.54) is 32.1 Å². The van der Waals surface area contributed by atoms with Crippen LogP contribution in [0.3, 0.4) is 0 Å². The van der Waals surface area contributed by atoms with Crippen molar-refractivity contribution in [2.24, 2.45) is 10.9 Å². The zero-order valence-corrected chi connectivity index (χ0v) is 9.57. The van der Waals surface area contributed by atoms with Gasteiger partial charge in [-0.2, -0.15) is 0 Å². The largest absolute Gasteiger partial charge is 0.271 e. The molecule has 1 radical (unpaired) electrons. The van der Waals surface area contributed by atoms with E-state index in [2.05, 4.69) is 24.4 Å². The second kappa shape index (κ2) is 6.47. The highest BCUT2D eigenvalue weighted by atomic mass is 32.2. The Morgan fingerprint density at radius 1 is 1.46 bits per heavy atom. The fourth-order valence-corrected chi connectivity index (χ4v) is 2.50. The lowest BCUT2D eigenvalue weighted by Gasteiger charge is -2.15. The van der Waals surface area contributed by atoms with E-state index in [1.54, 1.807) is 11.8 Å². The number of rotatable bonds is 6. The Morgan fingerprint density at radius 2 is 2.31 bits per heavy atom. The molecule has 0 bridgehead atoms. The van der Waals surface area contributed by atoms with Crippen LogP contribution in [0.1, 0.15) is 46.0 Å². The zero-order valence-electron chi connectivity index (χ0n) is 8.75. The van der Waals surface area contributed by atoms with E-state index in [9.17, 15) is 0 Å². The van der Waals surface area contributed by atoms with Crippen LogP contribution in [0.25, 0.3) is 0 Å². The van der Waals surface area contributed by atoms with Gasteiger partial charge < -0.3 is 0 Å². The van der Waals surface area contributed by atoms with Gasteiger partial charge in [-0.1, -0.05) is 39.5 Å². The maximum Gasteiger partial charge on any atom is 0.123 e. The minimum atomic E-state index is 0.562. The van der Waals surface area contributed by atoms with Crippen LogP contribution in [0, 0.1) is 5.92 Å². The van der Waals surface area contributed by atoms with Gasteiger partial charge in [0, 0.05) is 5.75 Å². The third-order valence-corrected chi connectivity index (χ3v) is 3.45. The number of aliphatic imine (C=N–C) groups is 1. The Labute approximate surface area is 86.4 Å². The fraction of sp³-hybridized carbons (Fsp3) is 0.909. The van der Waals surface area contributed by atoms with Gasteiger partial charge in [0.2, 0.25) is 0 Å². The molecule has 0 saturated heterocycles. The van der Waals surface area contributed by atoms with Gasteiger partial charge in [0.05, 0.1) is 6.04 Å². The van der Waals surface area contributed by atoms with Crippen molar-refractivity contribution in [3.8, 4) is 0 Å². The number of hydrogen-bond acceptors (Lipinski definition) is 2. The van der Waals surface area contributed by atoms with Crippen molar-refractivity contribution in [2.75, 3.05) is 5.75 Å². The van der Waals surface area contributed by atoms with Crippen LogP contribution in [-0.2, 0) is 0 Å². The molecule has 1 heterocycles. The summed E-state index contributed by atoms with van der Waals surface area (Å²) in [5.74, 6) is 1.92. The van der Waals surface area contributed by atoms with Gasteiger partial charge in [0.25, 0.3) is 0 Å². The lowest BCUT2D eigenvalue weighted by Crippen LogP contribution is -2.15. The maximum absolute atomic E-state index is 4.35. The molecule has 1 aliphatic heterocycles. The van der Waals surface area contributed by atoms with Gasteiger partial charge in [-0.05, 0) is 12.3 Å². The first-order valence-corrected chi connectivity index (χ1v) is 6.39. The van der Waals surface area contributed by atoms with E-state index in [4.69, 9.17) is 0 Å². The molecule has 75 valence electrons. The zero-order chi connectivity index (χ0) is 9.52. The first-order chi connectivity index (χ1) is 6.34. The highest BCUT2D eigenvalue weighted by Crippen LogP contribution is 2.23. The molecule has 1 rings (SSSR count). The van der Waals surface area contributed by atoms with Gasteiger partial charge in [-0.3, -0.25) is 4.99 Å². The highest BCUT2D eigenvalue weighted by molar-refractivity contribution is 8.12. The van der Waals surface area contributed by atoms with Crippen LogP contribution < -0.4 is 0 Å². The first-order valence-electron chi connectivity index (χ1n) is 5.41. The van der Waals surface area contributed by atoms with E-state index in [0.29, 0.717) is 6.04 Å². The average molecular weight is 198 g/mol. The smallest absolute Gasteiger partial charge is 0.123 e. The molecule has 0 spiro atoms. The topological polar surface area (TPSA) is 12.4 Å². The molecule has 0 amide bonds. The van der Waals surface area contributed by atoms with E-state index in [0.717, 1.165) is 11.7 Å². The highest BCUT2D eigenvalue weighted by Gasteiger charge is 2.18. The molecule has 1 nitrogen and oxygen atoms in total. The van der Waals surface area contributed by atoms with Crippen LogP contribution in [0.15, 0.2) is 4.99 Å². The third kappa shape index (κ3) is 4.17. The number of thioether (sulfide) groups is 1. The summed E-state index contributed by atoms with van der Waals surface area (Å²) in [6, 6.07) is 0.562. The Hall–Kier alpha value is 0.0200. The summed E-state index contributed by atoms with van der Waals surface area (Å²) in [5, 5.41) is 0. The minimum Gasteiger partial charge on any atom is -0.271 e. The summed E-state index contributed by atoms with van der Waals surface area (Å²) in [4.78, 5) is 4.35. The molecule has 1 aliphatic rings. The second-order valence-corrected chi connectivity index (χ2v) is 4.73. The SMILES string of the molecule is CCCCCCC(C)C1CS[C]=N1. The molecule has 0 saturated carbocycles. The number of unbranched alkanes of at least 4 members (excludes halogenated alkanes) is 3. The summed E-state index contributed by atoms with van der Waals surface area (Å²) in [6.07, 6.45) is 6.84. The maximum atomic E-state index is 4.35. The molecule has 0 fully saturated rings. The standard InChI is InChI=1S/C11H20NS/c1-3-4-5-6-7-10(2)11-8-13-9-12-11/h10-11H,3-8H2,1-2H3. The first kappa shape index (κ1) is 11.1. The van der Waals surface area contributed by atoms with Crippen molar-refractivity contribution in [1.82, 2.24) is 0 Å². The number of hydrogen-bond donors (Lipinski definition) is 0. The summed E-state index contributed by atoms with van der Waals surface area (Å²) in [7, 11) is 0. The molecule has 13 heavy (non-hydrogen) atoms. The van der Waals surface area contributed by atoms with Crippen molar-refractivity contribution in [3.05, 3.63) is 0 Å². The van der Waals surface area contributed by atoms with Crippen LogP contribution in [0.4, 0.5) is 0 Å². The van der Waals surface area contributed by atoms with Crippen LogP contribution >= 0.6 is 11.8 Å². The quantitative estimate of drug-likeness (QED) is 0.594. The Kier molecular flexibility index (Phi) is 5.52. The monoisotopic (exact) mass is 198 g/mol. The molecule has 0 aromatic carbocycles. The summed E-state index contributed by atoms with van der Waals surface area (Å²) >= 11 is 1.74. The molecular formula is C11H20NS. The van der Waals surface area contributed by atoms with Crippen molar-refractivity contribution in [3.63, 3.8) is 0 Å². The van der Waals surface area contributed by atoms with Crippen LogP contribution in [0.5, 0.6) is 0 Å².